The van der Waals surface area contributed by atoms with Crippen molar-refractivity contribution in [2.24, 2.45) is 0 Å². The fourth-order valence-electron chi connectivity index (χ4n) is 1.80. The standard InChI is InChI=1S/C14H20N2O2S2/c15-11-1-3-12(4-2-11)18-6-5-14(17)16-9-13-10-19-7-8-20-13/h1-4,13H,5-10,15H2,(H,16,17). The zero-order valence-corrected chi connectivity index (χ0v) is 13.0. The predicted molar refractivity (Wildman–Crippen MR) is 87.5 cm³/mol. The van der Waals surface area contributed by atoms with Gasteiger partial charge in [0, 0.05) is 34.7 Å². The minimum absolute atomic E-state index is 0.0524. The SMILES string of the molecule is Nc1ccc(OCCC(=O)NCC2CSCCS2)cc1. The maximum absolute atomic E-state index is 11.7. The van der Waals surface area contributed by atoms with Gasteiger partial charge in [-0.3, -0.25) is 4.79 Å². The Balaban J connectivity index is 1.58. The van der Waals surface area contributed by atoms with Crippen LogP contribution in [0.15, 0.2) is 24.3 Å². The van der Waals surface area contributed by atoms with Crippen LogP contribution in [0.5, 0.6) is 5.75 Å². The summed E-state index contributed by atoms with van der Waals surface area (Å²) >= 11 is 3.91. The van der Waals surface area contributed by atoms with E-state index in [1.807, 2.05) is 35.7 Å². The number of amides is 1. The van der Waals surface area contributed by atoms with Crippen molar-refractivity contribution in [2.45, 2.75) is 11.7 Å². The Morgan fingerprint density at radius 2 is 2.15 bits per heavy atom. The Bertz CT molecular complexity index is 420. The highest BCUT2D eigenvalue weighted by atomic mass is 32.2. The Kier molecular flexibility index (Phi) is 6.39. The fraction of sp³-hybridized carbons (Fsp3) is 0.500. The van der Waals surface area contributed by atoms with Gasteiger partial charge in [-0.1, -0.05) is 0 Å². The Labute approximate surface area is 128 Å². The summed E-state index contributed by atoms with van der Waals surface area (Å²) in [5.74, 6) is 4.34. The third-order valence-electron chi connectivity index (χ3n) is 2.89. The quantitative estimate of drug-likeness (QED) is 0.787. The number of rotatable bonds is 6. The highest BCUT2D eigenvalue weighted by Crippen LogP contribution is 2.23. The largest absolute Gasteiger partial charge is 0.493 e. The maximum atomic E-state index is 11.7. The topological polar surface area (TPSA) is 64.3 Å². The highest BCUT2D eigenvalue weighted by molar-refractivity contribution is 8.06. The molecule has 1 aliphatic rings. The van der Waals surface area contributed by atoms with Crippen LogP contribution in [0, 0.1) is 0 Å². The van der Waals surface area contributed by atoms with Gasteiger partial charge in [-0.2, -0.15) is 23.5 Å². The highest BCUT2D eigenvalue weighted by Gasteiger charge is 2.14. The molecule has 1 saturated heterocycles. The number of hydrogen-bond acceptors (Lipinski definition) is 5. The lowest BCUT2D eigenvalue weighted by Gasteiger charge is -2.21. The molecule has 1 amide bonds. The number of anilines is 1. The van der Waals surface area contributed by atoms with Crippen LogP contribution in [0.3, 0.4) is 0 Å². The van der Waals surface area contributed by atoms with E-state index in [2.05, 4.69) is 5.32 Å². The molecule has 0 radical (unpaired) electrons. The van der Waals surface area contributed by atoms with E-state index in [4.69, 9.17) is 10.5 Å². The summed E-state index contributed by atoms with van der Waals surface area (Å²) in [6, 6.07) is 7.19. The molecule has 3 N–H and O–H groups in total. The Hall–Kier alpha value is -1.01. The van der Waals surface area contributed by atoms with E-state index < -0.39 is 0 Å². The van der Waals surface area contributed by atoms with Gasteiger partial charge >= 0.3 is 0 Å². The van der Waals surface area contributed by atoms with Crippen LogP contribution in [0.4, 0.5) is 5.69 Å². The van der Waals surface area contributed by atoms with E-state index in [0.717, 1.165) is 18.0 Å². The summed E-state index contributed by atoms with van der Waals surface area (Å²) < 4.78 is 5.50. The van der Waals surface area contributed by atoms with E-state index in [0.29, 0.717) is 24.0 Å². The number of ether oxygens (including phenoxy) is 1. The van der Waals surface area contributed by atoms with Crippen molar-refractivity contribution in [1.29, 1.82) is 0 Å². The number of nitrogens with one attached hydrogen (secondary N) is 1. The molecule has 1 aliphatic heterocycles. The first kappa shape index (κ1) is 15.4. The molecule has 1 aromatic rings. The normalized spacial score (nSPS) is 18.5. The van der Waals surface area contributed by atoms with Crippen LogP contribution in [-0.4, -0.2) is 41.6 Å². The molecule has 0 bridgehead atoms. The van der Waals surface area contributed by atoms with E-state index in [-0.39, 0.29) is 5.91 Å². The molecule has 6 heteroatoms. The van der Waals surface area contributed by atoms with Crippen molar-refractivity contribution >= 4 is 35.1 Å². The van der Waals surface area contributed by atoms with Gasteiger partial charge in [0.15, 0.2) is 0 Å². The fourth-order valence-corrected chi connectivity index (χ4v) is 4.41. The lowest BCUT2D eigenvalue weighted by molar-refractivity contribution is -0.121. The minimum atomic E-state index is 0.0524. The van der Waals surface area contributed by atoms with Crippen LogP contribution < -0.4 is 15.8 Å². The average Bonchev–Trinajstić information content (AvgIpc) is 2.48. The molecule has 0 aliphatic carbocycles. The molecule has 1 fully saturated rings. The zero-order valence-electron chi connectivity index (χ0n) is 11.3. The van der Waals surface area contributed by atoms with Gasteiger partial charge in [0.05, 0.1) is 13.0 Å². The molecular weight excluding hydrogens is 292 g/mol. The van der Waals surface area contributed by atoms with Crippen LogP contribution in [0.2, 0.25) is 0 Å². The van der Waals surface area contributed by atoms with E-state index in [1.54, 1.807) is 12.1 Å². The van der Waals surface area contributed by atoms with E-state index in [1.165, 1.54) is 11.5 Å². The van der Waals surface area contributed by atoms with E-state index >= 15 is 0 Å². The van der Waals surface area contributed by atoms with Crippen LogP contribution >= 0.6 is 23.5 Å². The first-order valence-corrected chi connectivity index (χ1v) is 8.89. The second-order valence-corrected chi connectivity index (χ2v) is 7.10. The van der Waals surface area contributed by atoms with Crippen LogP contribution in [0.1, 0.15) is 6.42 Å². The number of carbonyl (C=O) groups is 1. The molecular formula is C14H20N2O2S2. The van der Waals surface area contributed by atoms with E-state index in [9.17, 15) is 4.79 Å². The monoisotopic (exact) mass is 312 g/mol. The average molecular weight is 312 g/mol. The molecule has 1 aromatic carbocycles. The van der Waals surface area contributed by atoms with Gasteiger partial charge in [0.25, 0.3) is 0 Å². The van der Waals surface area contributed by atoms with Gasteiger partial charge in [-0.15, -0.1) is 0 Å². The van der Waals surface area contributed by atoms with Gasteiger partial charge in [0.1, 0.15) is 5.75 Å². The first-order valence-electron chi connectivity index (χ1n) is 6.68. The molecule has 1 unspecified atom stereocenters. The summed E-state index contributed by atoms with van der Waals surface area (Å²) in [5, 5.41) is 3.53. The third-order valence-corrected chi connectivity index (χ3v) is 5.73. The third kappa shape index (κ3) is 5.54. The van der Waals surface area contributed by atoms with Crippen molar-refractivity contribution in [3.05, 3.63) is 24.3 Å². The molecule has 1 atom stereocenters. The van der Waals surface area contributed by atoms with Crippen LogP contribution in [-0.2, 0) is 4.79 Å². The number of benzene rings is 1. The minimum Gasteiger partial charge on any atom is -0.493 e. The molecule has 2 rings (SSSR count). The molecule has 110 valence electrons. The predicted octanol–water partition coefficient (Wildman–Crippen LogP) is 2.00. The van der Waals surface area contributed by atoms with Crippen molar-refractivity contribution < 1.29 is 9.53 Å². The van der Waals surface area contributed by atoms with Gasteiger partial charge in [0.2, 0.25) is 5.91 Å². The van der Waals surface area contributed by atoms with Crippen molar-refractivity contribution in [2.75, 3.05) is 36.1 Å². The second kappa shape index (κ2) is 8.32. The first-order chi connectivity index (χ1) is 9.74. The number of thioether (sulfide) groups is 2. The summed E-state index contributed by atoms with van der Waals surface area (Å²) in [6.45, 7) is 1.15. The maximum Gasteiger partial charge on any atom is 0.223 e. The molecule has 1 heterocycles. The van der Waals surface area contributed by atoms with Gasteiger partial charge < -0.3 is 15.8 Å². The van der Waals surface area contributed by atoms with Crippen molar-refractivity contribution in [3.8, 4) is 5.75 Å². The van der Waals surface area contributed by atoms with Gasteiger partial charge in [-0.25, -0.2) is 0 Å². The molecule has 4 nitrogen and oxygen atoms in total. The molecule has 0 saturated carbocycles. The summed E-state index contributed by atoms with van der Waals surface area (Å²) in [5.41, 5.74) is 6.30. The number of nitrogen functional groups attached to an aromatic ring is 1. The Morgan fingerprint density at radius 3 is 2.85 bits per heavy atom. The van der Waals surface area contributed by atoms with Crippen molar-refractivity contribution in [1.82, 2.24) is 5.32 Å². The molecule has 0 spiro atoms. The van der Waals surface area contributed by atoms with Crippen molar-refractivity contribution in [3.63, 3.8) is 0 Å². The lowest BCUT2D eigenvalue weighted by atomic mass is 10.3. The number of nitrogens with two attached hydrogens (primary N) is 1. The zero-order chi connectivity index (χ0) is 14.2. The number of hydrogen-bond donors (Lipinski definition) is 2. The smallest absolute Gasteiger partial charge is 0.223 e. The number of carbonyl (C=O) groups excluding carboxylic acids is 1. The molecule has 20 heavy (non-hydrogen) atoms. The summed E-state index contributed by atoms with van der Waals surface area (Å²) in [7, 11) is 0. The lowest BCUT2D eigenvalue weighted by Crippen LogP contribution is -2.34. The summed E-state index contributed by atoms with van der Waals surface area (Å²) in [4.78, 5) is 11.7. The molecule has 0 aromatic heterocycles. The summed E-state index contributed by atoms with van der Waals surface area (Å²) in [6.07, 6.45) is 0.384. The second-order valence-electron chi connectivity index (χ2n) is 4.54. The van der Waals surface area contributed by atoms with Gasteiger partial charge in [-0.05, 0) is 24.3 Å². The van der Waals surface area contributed by atoms with Crippen LogP contribution in [0.25, 0.3) is 0 Å². The Morgan fingerprint density at radius 1 is 1.35 bits per heavy atom.